The number of carbonyl (C=O) groups excluding carboxylic acids is 2. The molecular formula is C21H29ClFN3O2. The van der Waals surface area contributed by atoms with Crippen molar-refractivity contribution in [1.29, 1.82) is 0 Å². The molecule has 3 N–H and O–H groups in total. The summed E-state index contributed by atoms with van der Waals surface area (Å²) >= 11 is 5.80. The first kappa shape index (κ1) is 21.1. The zero-order valence-electron chi connectivity index (χ0n) is 16.3. The summed E-state index contributed by atoms with van der Waals surface area (Å²) < 4.78 is 13.4. The Kier molecular flexibility index (Phi) is 6.94. The number of nitrogens with one attached hydrogen (secondary N) is 3. The Morgan fingerprint density at radius 3 is 2.50 bits per heavy atom. The summed E-state index contributed by atoms with van der Waals surface area (Å²) in [5, 5.41) is 9.57. The normalized spacial score (nSPS) is 23.5. The maximum Gasteiger partial charge on any atom is 0.251 e. The van der Waals surface area contributed by atoms with Crippen LogP contribution in [-0.2, 0) is 4.79 Å². The minimum absolute atomic E-state index is 0.000523. The van der Waals surface area contributed by atoms with E-state index in [2.05, 4.69) is 22.9 Å². The first-order chi connectivity index (χ1) is 13.3. The molecule has 2 aliphatic carbocycles. The molecule has 1 aromatic rings. The van der Waals surface area contributed by atoms with Gasteiger partial charge in [0.1, 0.15) is 5.82 Å². The van der Waals surface area contributed by atoms with Crippen molar-refractivity contribution in [3.05, 3.63) is 34.6 Å². The molecule has 0 aromatic heterocycles. The number of carbonyl (C=O) groups is 2. The van der Waals surface area contributed by atoms with Crippen molar-refractivity contribution in [1.82, 2.24) is 16.0 Å². The van der Waals surface area contributed by atoms with Crippen molar-refractivity contribution in [2.24, 2.45) is 5.92 Å². The summed E-state index contributed by atoms with van der Waals surface area (Å²) in [6.07, 6.45) is 7.27. The van der Waals surface area contributed by atoms with Crippen LogP contribution in [0.2, 0.25) is 5.02 Å². The van der Waals surface area contributed by atoms with E-state index < -0.39 is 5.82 Å². The lowest BCUT2D eigenvalue weighted by Crippen LogP contribution is -2.53. The minimum Gasteiger partial charge on any atom is -0.352 e. The molecule has 2 amide bonds. The van der Waals surface area contributed by atoms with Crippen LogP contribution in [-0.4, -0.2) is 36.5 Å². The molecule has 7 heteroatoms. The lowest BCUT2D eigenvalue weighted by molar-refractivity contribution is -0.123. The molecule has 3 rings (SSSR count). The van der Waals surface area contributed by atoms with E-state index >= 15 is 0 Å². The Balaban J connectivity index is 1.33. The van der Waals surface area contributed by atoms with Crippen molar-refractivity contribution in [2.45, 2.75) is 63.5 Å². The van der Waals surface area contributed by atoms with Gasteiger partial charge in [-0.15, -0.1) is 0 Å². The molecule has 0 heterocycles. The summed E-state index contributed by atoms with van der Waals surface area (Å²) in [6.45, 7) is 3.03. The van der Waals surface area contributed by atoms with Crippen molar-refractivity contribution < 1.29 is 14.0 Å². The van der Waals surface area contributed by atoms with Gasteiger partial charge in [0.2, 0.25) is 5.91 Å². The largest absolute Gasteiger partial charge is 0.352 e. The van der Waals surface area contributed by atoms with Crippen LogP contribution < -0.4 is 16.0 Å². The molecule has 0 radical (unpaired) electrons. The van der Waals surface area contributed by atoms with Gasteiger partial charge in [-0.3, -0.25) is 9.59 Å². The molecule has 2 saturated carbocycles. The fourth-order valence-corrected chi connectivity index (χ4v) is 4.27. The van der Waals surface area contributed by atoms with Crippen LogP contribution in [0.1, 0.15) is 62.2 Å². The topological polar surface area (TPSA) is 70.2 Å². The summed E-state index contributed by atoms with van der Waals surface area (Å²) in [4.78, 5) is 24.2. The third-order valence-electron chi connectivity index (χ3n) is 5.97. The SMILES string of the molecule is CC1(NC(=O)CN[C@H]2CC[C@H](CNC(=O)c3cc(F)cc(Cl)c3)CC2)CCC1. The number of halogens is 2. The molecule has 0 bridgehead atoms. The van der Waals surface area contributed by atoms with Crippen LogP contribution in [0.4, 0.5) is 4.39 Å². The number of rotatable bonds is 7. The maximum absolute atomic E-state index is 13.4. The van der Waals surface area contributed by atoms with E-state index in [4.69, 9.17) is 11.6 Å². The Hall–Kier alpha value is -1.66. The zero-order chi connectivity index (χ0) is 20.1. The van der Waals surface area contributed by atoms with E-state index in [1.165, 1.54) is 24.6 Å². The minimum atomic E-state index is -0.514. The average Bonchev–Trinajstić information content (AvgIpc) is 2.63. The Morgan fingerprint density at radius 2 is 1.89 bits per heavy atom. The summed E-state index contributed by atoms with van der Waals surface area (Å²) in [5.74, 6) is -0.346. The van der Waals surface area contributed by atoms with Gasteiger partial charge >= 0.3 is 0 Å². The van der Waals surface area contributed by atoms with Crippen LogP contribution >= 0.6 is 11.6 Å². The Labute approximate surface area is 170 Å². The molecule has 0 aliphatic heterocycles. The van der Waals surface area contributed by atoms with Gasteiger partial charge in [0, 0.05) is 28.7 Å². The molecule has 0 spiro atoms. The van der Waals surface area contributed by atoms with E-state index in [-0.39, 0.29) is 27.9 Å². The fraction of sp³-hybridized carbons (Fsp3) is 0.619. The first-order valence-corrected chi connectivity index (χ1v) is 10.5. The molecule has 154 valence electrons. The van der Waals surface area contributed by atoms with Gasteiger partial charge in [0.15, 0.2) is 0 Å². The van der Waals surface area contributed by atoms with Gasteiger partial charge in [-0.1, -0.05) is 11.6 Å². The first-order valence-electron chi connectivity index (χ1n) is 10.1. The summed E-state index contributed by atoms with van der Waals surface area (Å²) in [7, 11) is 0. The van der Waals surface area contributed by atoms with E-state index in [9.17, 15) is 14.0 Å². The van der Waals surface area contributed by atoms with Gasteiger partial charge in [-0.05, 0) is 76.0 Å². The molecule has 2 aliphatic rings. The Bertz CT molecular complexity index is 695. The second kappa shape index (κ2) is 9.23. The van der Waals surface area contributed by atoms with Crippen molar-refractivity contribution in [3.8, 4) is 0 Å². The van der Waals surface area contributed by atoms with Crippen LogP contribution in [0.3, 0.4) is 0 Å². The van der Waals surface area contributed by atoms with Crippen molar-refractivity contribution in [2.75, 3.05) is 13.1 Å². The lowest BCUT2D eigenvalue weighted by Gasteiger charge is -2.39. The predicted molar refractivity (Wildman–Crippen MR) is 108 cm³/mol. The van der Waals surface area contributed by atoms with E-state index in [0.29, 0.717) is 25.0 Å². The van der Waals surface area contributed by atoms with Gasteiger partial charge in [-0.2, -0.15) is 0 Å². The molecular weight excluding hydrogens is 381 g/mol. The predicted octanol–water partition coefficient (Wildman–Crippen LogP) is 3.42. The highest BCUT2D eigenvalue weighted by Gasteiger charge is 2.33. The van der Waals surface area contributed by atoms with Gasteiger partial charge < -0.3 is 16.0 Å². The molecule has 2 fully saturated rings. The van der Waals surface area contributed by atoms with Crippen LogP contribution in [0.25, 0.3) is 0 Å². The molecule has 1 aromatic carbocycles. The fourth-order valence-electron chi connectivity index (χ4n) is 4.04. The highest BCUT2D eigenvalue weighted by molar-refractivity contribution is 6.31. The van der Waals surface area contributed by atoms with Crippen LogP contribution in [0.5, 0.6) is 0 Å². The van der Waals surface area contributed by atoms with E-state index in [1.54, 1.807) is 0 Å². The number of benzene rings is 1. The lowest BCUT2D eigenvalue weighted by atomic mass is 9.78. The maximum atomic E-state index is 13.4. The van der Waals surface area contributed by atoms with Crippen LogP contribution in [0.15, 0.2) is 18.2 Å². The number of hydrogen-bond acceptors (Lipinski definition) is 3. The molecule has 0 atom stereocenters. The van der Waals surface area contributed by atoms with Crippen molar-refractivity contribution in [3.63, 3.8) is 0 Å². The summed E-state index contributed by atoms with van der Waals surface area (Å²) in [6, 6.07) is 4.18. The monoisotopic (exact) mass is 409 g/mol. The Morgan fingerprint density at radius 1 is 1.18 bits per heavy atom. The third-order valence-corrected chi connectivity index (χ3v) is 6.19. The third kappa shape index (κ3) is 5.92. The van der Waals surface area contributed by atoms with Gasteiger partial charge in [0.05, 0.1) is 6.54 Å². The zero-order valence-corrected chi connectivity index (χ0v) is 17.1. The highest BCUT2D eigenvalue weighted by atomic mass is 35.5. The number of hydrogen-bond donors (Lipinski definition) is 3. The molecule has 5 nitrogen and oxygen atoms in total. The average molecular weight is 410 g/mol. The van der Waals surface area contributed by atoms with E-state index in [1.807, 2.05) is 0 Å². The second-order valence-corrected chi connectivity index (χ2v) is 8.87. The summed E-state index contributed by atoms with van der Waals surface area (Å²) in [5.41, 5.74) is 0.243. The molecule has 0 saturated heterocycles. The second-order valence-electron chi connectivity index (χ2n) is 8.43. The van der Waals surface area contributed by atoms with Gasteiger partial charge in [0.25, 0.3) is 5.91 Å². The van der Waals surface area contributed by atoms with Crippen molar-refractivity contribution >= 4 is 23.4 Å². The van der Waals surface area contributed by atoms with E-state index in [0.717, 1.165) is 38.5 Å². The quantitative estimate of drug-likeness (QED) is 0.646. The van der Waals surface area contributed by atoms with Gasteiger partial charge in [-0.25, -0.2) is 4.39 Å². The molecule has 28 heavy (non-hydrogen) atoms. The molecule has 0 unspecified atom stereocenters. The highest BCUT2D eigenvalue weighted by Crippen LogP contribution is 2.30. The standard InChI is InChI=1S/C21H29ClFN3O2/c1-21(7-2-8-21)26-19(27)13-24-18-5-3-14(4-6-18)12-25-20(28)15-9-16(22)11-17(23)10-15/h9-11,14,18,24H,2-8,12-13H2,1H3,(H,25,28)(H,26,27)/t14-,18-. The number of amides is 2. The van der Waals surface area contributed by atoms with Crippen LogP contribution in [0, 0.1) is 11.7 Å². The smallest absolute Gasteiger partial charge is 0.251 e.